The summed E-state index contributed by atoms with van der Waals surface area (Å²) in [5.41, 5.74) is 4.82. The van der Waals surface area contributed by atoms with Gasteiger partial charge in [-0.25, -0.2) is 0 Å². The lowest BCUT2D eigenvalue weighted by atomic mass is 9.99. The van der Waals surface area contributed by atoms with Crippen LogP contribution >= 0.6 is 0 Å². The average molecular weight is 229 g/mol. The monoisotopic (exact) mass is 229 g/mol. The van der Waals surface area contributed by atoms with Gasteiger partial charge in [-0.3, -0.25) is 0 Å². The van der Waals surface area contributed by atoms with Crippen molar-refractivity contribution in [2.24, 2.45) is 5.73 Å². The van der Waals surface area contributed by atoms with Crippen molar-refractivity contribution < 1.29 is 5.11 Å². The number of piperazine rings is 1. The normalized spacial score (nSPS) is 23.2. The smallest absolute Gasteiger partial charge is 0.0741 e. The molecule has 1 rings (SSSR count). The van der Waals surface area contributed by atoms with Crippen LogP contribution in [0.5, 0.6) is 0 Å². The minimum absolute atomic E-state index is 0.363. The van der Waals surface area contributed by atoms with Gasteiger partial charge in [-0.15, -0.1) is 0 Å². The molecule has 1 fully saturated rings. The Morgan fingerprint density at radius 3 is 2.38 bits per heavy atom. The molecule has 1 heterocycles. The first-order valence-electron chi connectivity index (χ1n) is 6.37. The number of nitrogens with two attached hydrogens (primary N) is 1. The number of nitrogens with zero attached hydrogens (tertiary/aromatic N) is 2. The third-order valence-electron chi connectivity index (χ3n) is 3.48. The Hall–Kier alpha value is -0.160. The van der Waals surface area contributed by atoms with E-state index >= 15 is 0 Å². The van der Waals surface area contributed by atoms with Gasteiger partial charge < -0.3 is 20.6 Å². The molecule has 0 radical (unpaired) electrons. The SMILES string of the molecule is CN1CCN(CCCCC(C)(O)CN)CC1. The van der Waals surface area contributed by atoms with Crippen LogP contribution in [0, 0.1) is 0 Å². The fourth-order valence-electron chi connectivity index (χ4n) is 2.01. The van der Waals surface area contributed by atoms with Crippen molar-refractivity contribution in [3.05, 3.63) is 0 Å². The van der Waals surface area contributed by atoms with Crippen molar-refractivity contribution in [2.45, 2.75) is 31.8 Å². The summed E-state index contributed by atoms with van der Waals surface area (Å²) in [5, 5.41) is 9.75. The maximum absolute atomic E-state index is 9.75. The van der Waals surface area contributed by atoms with Crippen LogP contribution in [-0.2, 0) is 0 Å². The Morgan fingerprint density at radius 1 is 1.19 bits per heavy atom. The van der Waals surface area contributed by atoms with Crippen molar-refractivity contribution in [3.8, 4) is 0 Å². The maximum Gasteiger partial charge on any atom is 0.0741 e. The largest absolute Gasteiger partial charge is 0.389 e. The average Bonchev–Trinajstić information content (AvgIpc) is 2.27. The molecule has 4 heteroatoms. The van der Waals surface area contributed by atoms with E-state index in [1.807, 2.05) is 6.92 Å². The maximum atomic E-state index is 9.75. The van der Waals surface area contributed by atoms with Crippen molar-refractivity contribution in [2.75, 3.05) is 46.3 Å². The molecule has 1 atom stereocenters. The lowest BCUT2D eigenvalue weighted by molar-refractivity contribution is 0.0556. The molecule has 0 aromatic heterocycles. The molecule has 4 nitrogen and oxygen atoms in total. The number of unbranched alkanes of at least 4 members (excludes halogenated alkanes) is 1. The van der Waals surface area contributed by atoms with Crippen LogP contribution in [-0.4, -0.2) is 66.8 Å². The first-order valence-corrected chi connectivity index (χ1v) is 6.37. The van der Waals surface area contributed by atoms with Gasteiger partial charge in [0.2, 0.25) is 0 Å². The zero-order valence-corrected chi connectivity index (χ0v) is 10.8. The molecule has 0 bridgehead atoms. The molecule has 0 amide bonds. The molecule has 3 N–H and O–H groups in total. The molecule has 1 saturated heterocycles. The molecule has 0 spiro atoms. The minimum atomic E-state index is -0.665. The van der Waals surface area contributed by atoms with Gasteiger partial charge in [0.15, 0.2) is 0 Å². The van der Waals surface area contributed by atoms with Gasteiger partial charge in [0, 0.05) is 32.7 Å². The standard InChI is InChI=1S/C12H27N3O/c1-12(16,11-13)5-3-4-6-15-9-7-14(2)8-10-15/h16H,3-11,13H2,1-2H3. The van der Waals surface area contributed by atoms with Gasteiger partial charge >= 0.3 is 0 Å². The Labute approximate surface area is 99.4 Å². The number of hydrogen-bond donors (Lipinski definition) is 2. The van der Waals surface area contributed by atoms with Crippen LogP contribution < -0.4 is 5.73 Å². The van der Waals surface area contributed by atoms with Gasteiger partial charge in [0.05, 0.1) is 5.60 Å². The highest BCUT2D eigenvalue weighted by Crippen LogP contribution is 2.12. The molecule has 0 aliphatic carbocycles. The molecule has 1 aliphatic rings. The van der Waals surface area contributed by atoms with E-state index in [1.54, 1.807) is 0 Å². The molecule has 0 aromatic rings. The first kappa shape index (κ1) is 13.9. The highest BCUT2D eigenvalue weighted by Gasteiger charge is 2.17. The first-order chi connectivity index (χ1) is 7.53. The summed E-state index contributed by atoms with van der Waals surface area (Å²) in [7, 11) is 2.18. The summed E-state index contributed by atoms with van der Waals surface area (Å²) < 4.78 is 0. The van der Waals surface area contributed by atoms with Gasteiger partial charge in [-0.2, -0.15) is 0 Å². The van der Waals surface area contributed by atoms with Crippen LogP contribution in [0.1, 0.15) is 26.2 Å². The fraction of sp³-hybridized carbons (Fsp3) is 1.00. The Kier molecular flexibility index (Phi) is 5.69. The second kappa shape index (κ2) is 6.55. The third kappa shape index (κ3) is 5.25. The van der Waals surface area contributed by atoms with Crippen LogP contribution in [0.3, 0.4) is 0 Å². The second-order valence-electron chi connectivity index (χ2n) is 5.30. The molecule has 0 aromatic carbocycles. The van der Waals surface area contributed by atoms with Crippen LogP contribution in [0.2, 0.25) is 0 Å². The molecule has 1 unspecified atom stereocenters. The highest BCUT2D eigenvalue weighted by molar-refractivity contribution is 4.74. The molecule has 1 aliphatic heterocycles. The lowest BCUT2D eigenvalue weighted by Gasteiger charge is -2.32. The minimum Gasteiger partial charge on any atom is -0.389 e. The van der Waals surface area contributed by atoms with Gasteiger partial charge in [-0.05, 0) is 39.8 Å². The predicted octanol–water partition coefficient (Wildman–Crippen LogP) is 0.114. The second-order valence-corrected chi connectivity index (χ2v) is 5.30. The van der Waals surface area contributed by atoms with E-state index in [2.05, 4.69) is 16.8 Å². The summed E-state index contributed by atoms with van der Waals surface area (Å²) in [6.07, 6.45) is 3.05. The topological polar surface area (TPSA) is 52.7 Å². The van der Waals surface area contributed by atoms with E-state index in [0.29, 0.717) is 6.54 Å². The molecule has 16 heavy (non-hydrogen) atoms. The number of likely N-dealkylation sites (N-methyl/N-ethyl adjacent to an activating group) is 1. The summed E-state index contributed by atoms with van der Waals surface area (Å²) in [5.74, 6) is 0. The Bertz CT molecular complexity index is 189. The van der Waals surface area contributed by atoms with Gasteiger partial charge in [-0.1, -0.05) is 0 Å². The third-order valence-corrected chi connectivity index (χ3v) is 3.48. The van der Waals surface area contributed by atoms with Crippen LogP contribution in [0.4, 0.5) is 0 Å². The van der Waals surface area contributed by atoms with Crippen LogP contribution in [0.15, 0.2) is 0 Å². The van der Waals surface area contributed by atoms with E-state index in [4.69, 9.17) is 5.73 Å². The number of rotatable bonds is 6. The van der Waals surface area contributed by atoms with E-state index in [9.17, 15) is 5.11 Å². The van der Waals surface area contributed by atoms with Crippen molar-refractivity contribution in [1.82, 2.24) is 9.80 Å². The number of aliphatic hydroxyl groups is 1. The molecule has 0 saturated carbocycles. The van der Waals surface area contributed by atoms with Gasteiger partial charge in [0.25, 0.3) is 0 Å². The summed E-state index contributed by atoms with van der Waals surface area (Å²) in [6, 6.07) is 0. The molecular formula is C12H27N3O. The predicted molar refractivity (Wildman–Crippen MR) is 67.5 cm³/mol. The summed E-state index contributed by atoms with van der Waals surface area (Å²) >= 11 is 0. The van der Waals surface area contributed by atoms with Gasteiger partial charge in [0.1, 0.15) is 0 Å². The van der Waals surface area contributed by atoms with Crippen molar-refractivity contribution in [3.63, 3.8) is 0 Å². The zero-order valence-electron chi connectivity index (χ0n) is 10.8. The quantitative estimate of drug-likeness (QED) is 0.635. The summed E-state index contributed by atoms with van der Waals surface area (Å²) in [6.45, 7) is 8.08. The van der Waals surface area contributed by atoms with E-state index in [1.165, 1.54) is 32.6 Å². The highest BCUT2D eigenvalue weighted by atomic mass is 16.3. The van der Waals surface area contributed by atoms with Crippen molar-refractivity contribution in [1.29, 1.82) is 0 Å². The Balaban J connectivity index is 2.03. The fourth-order valence-corrected chi connectivity index (χ4v) is 2.01. The van der Waals surface area contributed by atoms with E-state index < -0.39 is 5.60 Å². The Morgan fingerprint density at radius 2 is 1.81 bits per heavy atom. The van der Waals surface area contributed by atoms with Crippen LogP contribution in [0.25, 0.3) is 0 Å². The zero-order chi connectivity index (χ0) is 12.0. The number of hydrogen-bond acceptors (Lipinski definition) is 4. The van der Waals surface area contributed by atoms with E-state index in [0.717, 1.165) is 19.4 Å². The lowest BCUT2D eigenvalue weighted by Crippen LogP contribution is -2.44. The summed E-state index contributed by atoms with van der Waals surface area (Å²) in [4.78, 5) is 4.88. The van der Waals surface area contributed by atoms with E-state index in [-0.39, 0.29) is 0 Å². The van der Waals surface area contributed by atoms with Crippen molar-refractivity contribution >= 4 is 0 Å². The molecular weight excluding hydrogens is 202 g/mol. The molecule has 96 valence electrons.